The molecule has 0 unspecified atom stereocenters. The first-order valence-corrected chi connectivity index (χ1v) is 7.13. The summed E-state index contributed by atoms with van der Waals surface area (Å²) in [6.07, 6.45) is 2.82. The molecular weight excluding hydrogens is 266 g/mol. The first-order chi connectivity index (χ1) is 10.2. The number of nitrogens with zero attached hydrogens (tertiary/aromatic N) is 2. The summed E-state index contributed by atoms with van der Waals surface area (Å²) in [6, 6.07) is 7.28. The maximum Gasteiger partial charge on any atom is 0.338 e. The highest BCUT2D eigenvalue weighted by Gasteiger charge is 2.09. The maximum atomic E-state index is 11.7. The van der Waals surface area contributed by atoms with E-state index in [0.29, 0.717) is 12.2 Å². The van der Waals surface area contributed by atoms with E-state index in [1.165, 1.54) is 0 Å². The minimum absolute atomic E-state index is 0.282. The largest absolute Gasteiger partial charge is 0.462 e. The van der Waals surface area contributed by atoms with E-state index in [9.17, 15) is 4.79 Å². The van der Waals surface area contributed by atoms with Crippen LogP contribution in [0.4, 0.5) is 0 Å². The Kier molecular flexibility index (Phi) is 5.11. The third-order valence-corrected chi connectivity index (χ3v) is 3.17. The molecule has 0 spiro atoms. The number of carbonyl (C=O) groups is 1. The molecule has 0 atom stereocenters. The van der Waals surface area contributed by atoms with Crippen LogP contribution in [0.15, 0.2) is 30.5 Å². The van der Waals surface area contributed by atoms with Crippen molar-refractivity contribution in [3.63, 3.8) is 0 Å². The van der Waals surface area contributed by atoms with E-state index in [0.717, 1.165) is 29.9 Å². The summed E-state index contributed by atoms with van der Waals surface area (Å²) in [6.45, 7) is 5.19. The van der Waals surface area contributed by atoms with Crippen LogP contribution in [0.3, 0.4) is 0 Å². The number of benzene rings is 1. The molecule has 2 aromatic rings. The highest BCUT2D eigenvalue weighted by Crippen LogP contribution is 2.13. The summed E-state index contributed by atoms with van der Waals surface area (Å²) >= 11 is 0. The maximum absolute atomic E-state index is 11.7. The second-order valence-electron chi connectivity index (χ2n) is 4.90. The molecule has 21 heavy (non-hydrogen) atoms. The summed E-state index contributed by atoms with van der Waals surface area (Å²) in [5.74, 6) is -0.282. The first-order valence-electron chi connectivity index (χ1n) is 7.13. The molecule has 2 rings (SSSR count). The average Bonchev–Trinajstić information content (AvgIpc) is 2.86. The number of carbonyl (C=O) groups excluding carboxylic acids is 1. The van der Waals surface area contributed by atoms with Crippen LogP contribution in [0.2, 0.25) is 0 Å². The van der Waals surface area contributed by atoms with Gasteiger partial charge in [0.1, 0.15) is 0 Å². The second kappa shape index (κ2) is 7.04. The second-order valence-corrected chi connectivity index (χ2v) is 4.90. The van der Waals surface area contributed by atoms with E-state index in [-0.39, 0.29) is 5.97 Å². The van der Waals surface area contributed by atoms with Crippen molar-refractivity contribution < 1.29 is 9.53 Å². The number of aryl methyl sites for hydroxylation is 1. The quantitative estimate of drug-likeness (QED) is 0.829. The number of hydrogen-bond acceptors (Lipinski definition) is 4. The highest BCUT2D eigenvalue weighted by molar-refractivity contribution is 5.89. The molecule has 1 aromatic heterocycles. The SMILES string of the molecule is CCCOC(=O)c1ccc(-n2cc(CNC)c(C)n2)cc1. The average molecular weight is 287 g/mol. The minimum atomic E-state index is -0.282. The van der Waals surface area contributed by atoms with Gasteiger partial charge in [-0.15, -0.1) is 0 Å². The number of hydrogen-bond donors (Lipinski definition) is 1. The Morgan fingerprint density at radius 2 is 2.05 bits per heavy atom. The zero-order valence-corrected chi connectivity index (χ0v) is 12.7. The Morgan fingerprint density at radius 3 is 2.67 bits per heavy atom. The van der Waals surface area contributed by atoms with Crippen molar-refractivity contribution in [1.82, 2.24) is 15.1 Å². The van der Waals surface area contributed by atoms with Gasteiger partial charge >= 0.3 is 5.97 Å². The summed E-state index contributed by atoms with van der Waals surface area (Å²) < 4.78 is 6.93. The smallest absolute Gasteiger partial charge is 0.338 e. The van der Waals surface area contributed by atoms with Gasteiger partial charge in [-0.3, -0.25) is 0 Å². The zero-order valence-electron chi connectivity index (χ0n) is 12.7. The fourth-order valence-electron chi connectivity index (χ4n) is 2.02. The van der Waals surface area contributed by atoms with E-state index < -0.39 is 0 Å². The lowest BCUT2D eigenvalue weighted by molar-refractivity contribution is 0.0505. The van der Waals surface area contributed by atoms with Gasteiger partial charge in [0, 0.05) is 18.3 Å². The molecule has 0 aliphatic carbocycles. The third-order valence-electron chi connectivity index (χ3n) is 3.17. The number of rotatable bonds is 6. The molecule has 0 fully saturated rings. The molecule has 0 radical (unpaired) electrons. The zero-order chi connectivity index (χ0) is 15.2. The van der Waals surface area contributed by atoms with Crippen LogP contribution in [-0.4, -0.2) is 29.4 Å². The van der Waals surface area contributed by atoms with Gasteiger partial charge in [0.25, 0.3) is 0 Å². The van der Waals surface area contributed by atoms with Gasteiger partial charge in [-0.1, -0.05) is 6.92 Å². The predicted octanol–water partition coefficient (Wildman–Crippen LogP) is 2.47. The number of aromatic nitrogens is 2. The Labute approximate surface area is 124 Å². The normalized spacial score (nSPS) is 10.6. The number of nitrogens with one attached hydrogen (secondary N) is 1. The lowest BCUT2D eigenvalue weighted by Gasteiger charge is -2.05. The molecule has 0 amide bonds. The Bertz CT molecular complexity index is 602. The topological polar surface area (TPSA) is 56.1 Å². The van der Waals surface area contributed by atoms with Crippen LogP contribution in [0.25, 0.3) is 5.69 Å². The predicted molar refractivity (Wildman–Crippen MR) is 81.6 cm³/mol. The molecule has 112 valence electrons. The van der Waals surface area contributed by atoms with Crippen LogP contribution >= 0.6 is 0 Å². The van der Waals surface area contributed by atoms with E-state index in [1.807, 2.05) is 43.9 Å². The van der Waals surface area contributed by atoms with Crippen molar-refractivity contribution >= 4 is 5.97 Å². The van der Waals surface area contributed by atoms with Gasteiger partial charge in [-0.25, -0.2) is 9.48 Å². The molecule has 1 aromatic carbocycles. The van der Waals surface area contributed by atoms with E-state index >= 15 is 0 Å². The number of ether oxygens (including phenoxy) is 1. The van der Waals surface area contributed by atoms with Crippen LogP contribution in [-0.2, 0) is 11.3 Å². The minimum Gasteiger partial charge on any atom is -0.462 e. The van der Waals surface area contributed by atoms with Crippen molar-refractivity contribution in [3.05, 3.63) is 47.3 Å². The van der Waals surface area contributed by atoms with Crippen LogP contribution in [0.1, 0.15) is 35.0 Å². The van der Waals surface area contributed by atoms with Crippen LogP contribution in [0.5, 0.6) is 0 Å². The van der Waals surface area contributed by atoms with Crippen molar-refractivity contribution in [3.8, 4) is 5.69 Å². The molecule has 5 heteroatoms. The summed E-state index contributed by atoms with van der Waals surface area (Å²) in [5.41, 5.74) is 3.64. The van der Waals surface area contributed by atoms with Crippen molar-refractivity contribution in [2.45, 2.75) is 26.8 Å². The molecular formula is C16H21N3O2. The van der Waals surface area contributed by atoms with Crippen LogP contribution < -0.4 is 5.32 Å². The van der Waals surface area contributed by atoms with Gasteiger partial charge in [0.05, 0.1) is 23.6 Å². The van der Waals surface area contributed by atoms with Gasteiger partial charge in [-0.05, 0) is 44.7 Å². The molecule has 0 aliphatic rings. The number of esters is 1. The van der Waals surface area contributed by atoms with Gasteiger partial charge in [0.2, 0.25) is 0 Å². The lowest BCUT2D eigenvalue weighted by Crippen LogP contribution is -2.06. The standard InChI is InChI=1S/C16H21N3O2/c1-4-9-21-16(20)13-5-7-15(8-6-13)19-11-14(10-17-3)12(2)18-19/h5-8,11,17H,4,9-10H2,1-3H3. The molecule has 5 nitrogen and oxygen atoms in total. The third kappa shape index (κ3) is 3.70. The van der Waals surface area contributed by atoms with E-state index in [1.54, 1.807) is 12.1 Å². The fraction of sp³-hybridized carbons (Fsp3) is 0.375. The fourth-order valence-corrected chi connectivity index (χ4v) is 2.02. The molecule has 0 saturated heterocycles. The van der Waals surface area contributed by atoms with Crippen molar-refractivity contribution in [1.29, 1.82) is 0 Å². The Morgan fingerprint density at radius 1 is 1.33 bits per heavy atom. The van der Waals surface area contributed by atoms with E-state index in [2.05, 4.69) is 10.4 Å². The first kappa shape index (κ1) is 15.3. The van der Waals surface area contributed by atoms with Gasteiger partial charge in [0.15, 0.2) is 0 Å². The molecule has 1 heterocycles. The summed E-state index contributed by atoms with van der Waals surface area (Å²) in [5, 5.41) is 7.60. The Balaban J connectivity index is 2.15. The van der Waals surface area contributed by atoms with Crippen molar-refractivity contribution in [2.75, 3.05) is 13.7 Å². The lowest BCUT2D eigenvalue weighted by atomic mass is 10.2. The molecule has 1 N–H and O–H groups in total. The highest BCUT2D eigenvalue weighted by atomic mass is 16.5. The van der Waals surface area contributed by atoms with Gasteiger partial charge in [-0.2, -0.15) is 5.10 Å². The molecule has 0 aliphatic heterocycles. The van der Waals surface area contributed by atoms with Crippen LogP contribution in [0, 0.1) is 6.92 Å². The van der Waals surface area contributed by atoms with Gasteiger partial charge < -0.3 is 10.1 Å². The molecule has 0 saturated carbocycles. The molecule has 0 bridgehead atoms. The Hall–Kier alpha value is -2.14. The van der Waals surface area contributed by atoms with Crippen molar-refractivity contribution in [2.24, 2.45) is 0 Å². The summed E-state index contributed by atoms with van der Waals surface area (Å²) in [4.78, 5) is 11.7. The summed E-state index contributed by atoms with van der Waals surface area (Å²) in [7, 11) is 1.91. The monoisotopic (exact) mass is 287 g/mol. The van der Waals surface area contributed by atoms with E-state index in [4.69, 9.17) is 4.74 Å².